The fourth-order valence-corrected chi connectivity index (χ4v) is 4.92. The van der Waals surface area contributed by atoms with Gasteiger partial charge in [-0.2, -0.15) is 0 Å². The summed E-state index contributed by atoms with van der Waals surface area (Å²) in [5.41, 5.74) is -0.520. The minimum atomic E-state index is -0.485. The minimum absolute atomic E-state index is 0.0343. The number of hydrogen-bond acceptors (Lipinski definition) is 3. The van der Waals surface area contributed by atoms with Crippen molar-refractivity contribution in [2.75, 3.05) is 19.6 Å². The zero-order chi connectivity index (χ0) is 14.9. The molecule has 0 aromatic heterocycles. The first-order valence-electron chi connectivity index (χ1n) is 8.79. The average Bonchev–Trinajstić information content (AvgIpc) is 2.98. The van der Waals surface area contributed by atoms with Crippen LogP contribution in [0.25, 0.3) is 0 Å². The van der Waals surface area contributed by atoms with Gasteiger partial charge in [-0.15, -0.1) is 0 Å². The summed E-state index contributed by atoms with van der Waals surface area (Å²) < 4.78 is 0. The van der Waals surface area contributed by atoms with E-state index >= 15 is 0 Å². The van der Waals surface area contributed by atoms with Crippen LogP contribution in [-0.2, 0) is 4.79 Å². The van der Waals surface area contributed by atoms with Gasteiger partial charge < -0.3 is 15.3 Å². The highest BCUT2D eigenvalue weighted by atomic mass is 16.3. The molecule has 2 aliphatic carbocycles. The van der Waals surface area contributed by atoms with Crippen LogP contribution in [0, 0.1) is 5.92 Å². The highest BCUT2D eigenvalue weighted by molar-refractivity contribution is 5.78. The third-order valence-corrected chi connectivity index (χ3v) is 6.02. The van der Waals surface area contributed by atoms with Gasteiger partial charge in [0.05, 0.1) is 12.1 Å². The van der Waals surface area contributed by atoms with Gasteiger partial charge in [0.25, 0.3) is 0 Å². The lowest BCUT2D eigenvalue weighted by Crippen LogP contribution is -2.59. The van der Waals surface area contributed by atoms with Crippen molar-refractivity contribution in [2.24, 2.45) is 5.92 Å². The molecule has 120 valence electrons. The Morgan fingerprint density at radius 2 is 2.05 bits per heavy atom. The van der Waals surface area contributed by atoms with Crippen LogP contribution in [0.2, 0.25) is 0 Å². The number of nitrogens with one attached hydrogen (secondary N) is 1. The maximum Gasteiger partial charge on any atom is 0.236 e. The van der Waals surface area contributed by atoms with Crippen LogP contribution in [0.4, 0.5) is 0 Å². The van der Waals surface area contributed by atoms with Gasteiger partial charge in [-0.3, -0.25) is 4.79 Å². The number of rotatable bonds is 4. The summed E-state index contributed by atoms with van der Waals surface area (Å²) in [6, 6.07) is 0. The molecule has 2 bridgehead atoms. The quantitative estimate of drug-likeness (QED) is 0.834. The van der Waals surface area contributed by atoms with Crippen molar-refractivity contribution in [1.82, 2.24) is 10.2 Å². The Morgan fingerprint density at radius 3 is 2.71 bits per heavy atom. The number of carbonyl (C=O) groups excluding carboxylic acids is 1. The van der Waals surface area contributed by atoms with E-state index in [0.717, 1.165) is 64.5 Å². The summed E-state index contributed by atoms with van der Waals surface area (Å²) in [5, 5.41) is 14.4. The van der Waals surface area contributed by atoms with Crippen LogP contribution < -0.4 is 5.32 Å². The Kier molecular flexibility index (Phi) is 4.28. The van der Waals surface area contributed by atoms with Gasteiger partial charge in [0.2, 0.25) is 5.91 Å². The zero-order valence-corrected chi connectivity index (χ0v) is 13.4. The van der Waals surface area contributed by atoms with Crippen molar-refractivity contribution < 1.29 is 9.90 Å². The molecule has 0 spiro atoms. The van der Waals surface area contributed by atoms with Gasteiger partial charge in [-0.25, -0.2) is 0 Å². The number of carbonyl (C=O) groups is 1. The largest absolute Gasteiger partial charge is 0.390 e. The highest BCUT2D eigenvalue weighted by Gasteiger charge is 2.48. The molecule has 0 radical (unpaired) electrons. The minimum Gasteiger partial charge on any atom is -0.390 e. The first kappa shape index (κ1) is 15.3. The number of fused-ring (bicyclic) bond motifs is 2. The molecule has 3 atom stereocenters. The Balaban J connectivity index is 1.62. The number of amides is 1. The molecule has 1 heterocycles. The van der Waals surface area contributed by atoms with Gasteiger partial charge in [0, 0.05) is 18.6 Å². The summed E-state index contributed by atoms with van der Waals surface area (Å²) in [4.78, 5) is 14.3. The molecule has 4 nitrogen and oxygen atoms in total. The van der Waals surface area contributed by atoms with Gasteiger partial charge in [-0.05, 0) is 50.9 Å². The number of nitrogens with zero attached hydrogens (tertiary/aromatic N) is 1. The average molecular weight is 294 g/mol. The molecule has 1 aliphatic heterocycles. The maximum absolute atomic E-state index is 12.3. The fraction of sp³-hybridized carbons (Fsp3) is 0.941. The van der Waals surface area contributed by atoms with Crippen LogP contribution in [0.3, 0.4) is 0 Å². The van der Waals surface area contributed by atoms with Gasteiger partial charge in [0.15, 0.2) is 0 Å². The maximum atomic E-state index is 12.3. The van der Waals surface area contributed by atoms with Crippen LogP contribution in [0.1, 0.15) is 64.7 Å². The predicted octanol–water partition coefficient (Wildman–Crippen LogP) is 2.06. The van der Waals surface area contributed by atoms with E-state index in [0.29, 0.717) is 12.5 Å². The van der Waals surface area contributed by atoms with E-state index in [2.05, 4.69) is 12.2 Å². The zero-order valence-electron chi connectivity index (χ0n) is 13.4. The summed E-state index contributed by atoms with van der Waals surface area (Å²) in [6.07, 6.45) is 9.54. The Labute approximate surface area is 128 Å². The van der Waals surface area contributed by atoms with Crippen molar-refractivity contribution in [3.63, 3.8) is 0 Å². The van der Waals surface area contributed by atoms with E-state index in [4.69, 9.17) is 0 Å². The summed E-state index contributed by atoms with van der Waals surface area (Å²) in [6.45, 7) is 4.48. The lowest BCUT2D eigenvalue weighted by atomic mass is 9.61. The van der Waals surface area contributed by atoms with Gasteiger partial charge in [-0.1, -0.05) is 19.8 Å². The molecule has 2 N–H and O–H groups in total. The molecule has 3 rings (SSSR count). The molecule has 0 aromatic rings. The molecule has 1 saturated heterocycles. The monoisotopic (exact) mass is 294 g/mol. The smallest absolute Gasteiger partial charge is 0.236 e. The standard InChI is InChI=1S/C17H30N2O2/c1-2-16(18-12-15(20)19-8-3-4-9-19)10-14-6-5-7-17(21,11-14)13-16/h14,18,21H,2-13H2,1H3/t14-,16-,17+/m0/s1. The molecule has 4 heteroatoms. The first-order chi connectivity index (χ1) is 10.0. The third-order valence-electron chi connectivity index (χ3n) is 6.02. The van der Waals surface area contributed by atoms with Crippen molar-refractivity contribution >= 4 is 5.91 Å². The Morgan fingerprint density at radius 1 is 1.29 bits per heavy atom. The molecule has 0 aromatic carbocycles. The van der Waals surface area contributed by atoms with Crippen LogP contribution in [0.5, 0.6) is 0 Å². The van der Waals surface area contributed by atoms with E-state index < -0.39 is 5.60 Å². The predicted molar refractivity (Wildman–Crippen MR) is 83.0 cm³/mol. The van der Waals surface area contributed by atoms with E-state index in [1.54, 1.807) is 0 Å². The van der Waals surface area contributed by atoms with Crippen LogP contribution in [-0.4, -0.2) is 46.7 Å². The molecule has 3 fully saturated rings. The van der Waals surface area contributed by atoms with Gasteiger partial charge in [0.1, 0.15) is 0 Å². The first-order valence-corrected chi connectivity index (χ1v) is 8.79. The normalized spacial score (nSPS) is 39.5. The summed E-state index contributed by atoms with van der Waals surface area (Å²) >= 11 is 0. The molecular weight excluding hydrogens is 264 g/mol. The second kappa shape index (κ2) is 5.88. The molecular formula is C17H30N2O2. The summed E-state index contributed by atoms with van der Waals surface area (Å²) in [7, 11) is 0. The van der Waals surface area contributed by atoms with Crippen molar-refractivity contribution in [1.29, 1.82) is 0 Å². The van der Waals surface area contributed by atoms with Crippen LogP contribution in [0.15, 0.2) is 0 Å². The fourth-order valence-electron chi connectivity index (χ4n) is 4.92. The van der Waals surface area contributed by atoms with E-state index in [9.17, 15) is 9.90 Å². The van der Waals surface area contributed by atoms with Crippen molar-refractivity contribution in [3.05, 3.63) is 0 Å². The topological polar surface area (TPSA) is 52.6 Å². The third kappa shape index (κ3) is 3.26. The van der Waals surface area contributed by atoms with Crippen molar-refractivity contribution in [2.45, 2.75) is 75.9 Å². The van der Waals surface area contributed by atoms with E-state index in [1.807, 2.05) is 4.90 Å². The Hall–Kier alpha value is -0.610. The SMILES string of the molecule is CC[C@]1(NCC(=O)N2CCCC2)C[C@@H]2CCC[C@@](O)(C2)C1. The highest BCUT2D eigenvalue weighted by Crippen LogP contribution is 2.48. The van der Waals surface area contributed by atoms with Gasteiger partial charge >= 0.3 is 0 Å². The Bertz CT molecular complexity index is 394. The second-order valence-corrected chi connectivity index (χ2v) is 7.64. The van der Waals surface area contributed by atoms with Crippen LogP contribution >= 0.6 is 0 Å². The molecule has 21 heavy (non-hydrogen) atoms. The number of aliphatic hydroxyl groups is 1. The summed E-state index contributed by atoms with van der Waals surface area (Å²) in [5.74, 6) is 0.870. The van der Waals surface area contributed by atoms with Crippen molar-refractivity contribution in [3.8, 4) is 0 Å². The van der Waals surface area contributed by atoms with E-state index in [-0.39, 0.29) is 11.4 Å². The van der Waals surface area contributed by atoms with E-state index in [1.165, 1.54) is 6.42 Å². The second-order valence-electron chi connectivity index (χ2n) is 7.64. The number of hydrogen-bond donors (Lipinski definition) is 2. The molecule has 1 amide bonds. The lowest BCUT2D eigenvalue weighted by molar-refractivity contribution is -0.130. The number of likely N-dealkylation sites (tertiary alicyclic amines) is 1. The lowest BCUT2D eigenvalue weighted by Gasteiger charge is -2.52. The molecule has 0 unspecified atom stereocenters. The molecule has 2 saturated carbocycles. The molecule has 3 aliphatic rings.